The Labute approximate surface area is 105 Å². The standard InChI is InChI=1S/C14H26O3/c1-14(16-11-12-17-14)9-5-2-6-10-15-13-7-3-4-8-13/h13H,2-12H2,1H3. The highest BCUT2D eigenvalue weighted by Gasteiger charge is 2.29. The van der Waals surface area contributed by atoms with Crippen LogP contribution in [0.3, 0.4) is 0 Å². The van der Waals surface area contributed by atoms with Crippen LogP contribution in [0.15, 0.2) is 0 Å². The van der Waals surface area contributed by atoms with Gasteiger partial charge in [0.25, 0.3) is 0 Å². The highest BCUT2D eigenvalue weighted by atomic mass is 16.7. The van der Waals surface area contributed by atoms with E-state index in [9.17, 15) is 0 Å². The van der Waals surface area contributed by atoms with Crippen molar-refractivity contribution in [2.24, 2.45) is 0 Å². The summed E-state index contributed by atoms with van der Waals surface area (Å²) in [6.45, 7) is 4.49. The number of unbranched alkanes of at least 4 members (excludes halogenated alkanes) is 2. The molecule has 0 spiro atoms. The molecule has 100 valence electrons. The maximum Gasteiger partial charge on any atom is 0.165 e. The Hall–Kier alpha value is -0.120. The molecule has 0 aromatic rings. The fourth-order valence-corrected chi connectivity index (χ4v) is 2.73. The first-order valence-corrected chi connectivity index (χ1v) is 7.18. The summed E-state index contributed by atoms with van der Waals surface area (Å²) in [6, 6.07) is 0. The monoisotopic (exact) mass is 242 g/mol. The van der Waals surface area contributed by atoms with Crippen molar-refractivity contribution in [1.29, 1.82) is 0 Å². The van der Waals surface area contributed by atoms with E-state index in [4.69, 9.17) is 14.2 Å². The van der Waals surface area contributed by atoms with Crippen LogP contribution in [-0.4, -0.2) is 31.7 Å². The lowest BCUT2D eigenvalue weighted by atomic mass is 10.1. The number of ether oxygens (including phenoxy) is 3. The summed E-state index contributed by atoms with van der Waals surface area (Å²) in [5.74, 6) is -0.299. The van der Waals surface area contributed by atoms with E-state index >= 15 is 0 Å². The van der Waals surface area contributed by atoms with Crippen LogP contribution in [-0.2, 0) is 14.2 Å². The first-order chi connectivity index (χ1) is 8.29. The maximum atomic E-state index is 5.84. The molecule has 3 nitrogen and oxygen atoms in total. The fourth-order valence-electron chi connectivity index (χ4n) is 2.73. The van der Waals surface area contributed by atoms with Crippen LogP contribution in [0.1, 0.15) is 58.3 Å². The molecule has 2 fully saturated rings. The second kappa shape index (κ2) is 6.72. The minimum absolute atomic E-state index is 0.299. The molecule has 1 saturated heterocycles. The van der Waals surface area contributed by atoms with Crippen LogP contribution in [0.25, 0.3) is 0 Å². The zero-order valence-electron chi connectivity index (χ0n) is 11.1. The molecule has 0 aromatic carbocycles. The lowest BCUT2D eigenvalue weighted by Crippen LogP contribution is -2.25. The minimum Gasteiger partial charge on any atom is -0.378 e. The first kappa shape index (κ1) is 13.3. The Morgan fingerprint density at radius 2 is 1.76 bits per heavy atom. The summed E-state index contributed by atoms with van der Waals surface area (Å²) in [4.78, 5) is 0. The van der Waals surface area contributed by atoms with Crippen molar-refractivity contribution in [3.63, 3.8) is 0 Å². The largest absolute Gasteiger partial charge is 0.378 e. The molecule has 1 heterocycles. The van der Waals surface area contributed by atoms with Crippen LogP contribution in [0.4, 0.5) is 0 Å². The van der Waals surface area contributed by atoms with E-state index < -0.39 is 0 Å². The van der Waals surface area contributed by atoms with E-state index in [1.165, 1.54) is 44.9 Å². The molecule has 17 heavy (non-hydrogen) atoms. The average Bonchev–Trinajstić information content (AvgIpc) is 2.95. The van der Waals surface area contributed by atoms with Gasteiger partial charge in [-0.25, -0.2) is 0 Å². The Morgan fingerprint density at radius 1 is 1.06 bits per heavy atom. The third-order valence-electron chi connectivity index (χ3n) is 3.83. The van der Waals surface area contributed by atoms with Crippen molar-refractivity contribution in [2.75, 3.05) is 19.8 Å². The topological polar surface area (TPSA) is 27.7 Å². The highest BCUT2D eigenvalue weighted by Crippen LogP contribution is 2.25. The predicted molar refractivity (Wildman–Crippen MR) is 67.0 cm³/mol. The minimum atomic E-state index is -0.299. The van der Waals surface area contributed by atoms with Gasteiger partial charge >= 0.3 is 0 Å². The molecule has 0 atom stereocenters. The van der Waals surface area contributed by atoms with Gasteiger partial charge in [0.15, 0.2) is 5.79 Å². The normalized spacial score (nSPS) is 24.5. The van der Waals surface area contributed by atoms with E-state index in [0.29, 0.717) is 6.10 Å². The van der Waals surface area contributed by atoms with E-state index in [-0.39, 0.29) is 5.79 Å². The van der Waals surface area contributed by atoms with Crippen LogP contribution in [0.5, 0.6) is 0 Å². The molecule has 0 aromatic heterocycles. The van der Waals surface area contributed by atoms with E-state index in [1.54, 1.807) is 0 Å². The van der Waals surface area contributed by atoms with Crippen molar-refractivity contribution in [3.05, 3.63) is 0 Å². The fraction of sp³-hybridized carbons (Fsp3) is 1.00. The third kappa shape index (κ3) is 4.57. The van der Waals surface area contributed by atoms with Gasteiger partial charge in [0.1, 0.15) is 0 Å². The molecule has 0 unspecified atom stereocenters. The lowest BCUT2D eigenvalue weighted by molar-refractivity contribution is -0.147. The second-order valence-corrected chi connectivity index (χ2v) is 5.42. The van der Waals surface area contributed by atoms with Crippen LogP contribution in [0.2, 0.25) is 0 Å². The number of rotatable bonds is 7. The van der Waals surface area contributed by atoms with Gasteiger partial charge in [0.05, 0.1) is 19.3 Å². The zero-order valence-corrected chi connectivity index (χ0v) is 11.1. The van der Waals surface area contributed by atoms with Crippen LogP contribution in [0, 0.1) is 0 Å². The SMILES string of the molecule is CC1(CCCCCOC2CCCC2)OCCO1. The van der Waals surface area contributed by atoms with Crippen molar-refractivity contribution in [2.45, 2.75) is 70.2 Å². The van der Waals surface area contributed by atoms with Crippen molar-refractivity contribution < 1.29 is 14.2 Å². The summed E-state index contributed by atoms with van der Waals surface area (Å²) in [5.41, 5.74) is 0. The molecule has 0 amide bonds. The van der Waals surface area contributed by atoms with E-state index in [0.717, 1.165) is 26.2 Å². The van der Waals surface area contributed by atoms with Gasteiger partial charge < -0.3 is 14.2 Å². The molecule has 2 rings (SSSR count). The van der Waals surface area contributed by atoms with Gasteiger partial charge in [-0.2, -0.15) is 0 Å². The first-order valence-electron chi connectivity index (χ1n) is 7.18. The molecular weight excluding hydrogens is 216 g/mol. The number of hydrogen-bond acceptors (Lipinski definition) is 3. The molecule has 1 aliphatic heterocycles. The molecule has 0 bridgehead atoms. The Bertz CT molecular complexity index is 206. The maximum absolute atomic E-state index is 5.84. The van der Waals surface area contributed by atoms with Crippen molar-refractivity contribution in [3.8, 4) is 0 Å². The van der Waals surface area contributed by atoms with Gasteiger partial charge in [-0.3, -0.25) is 0 Å². The summed E-state index contributed by atoms with van der Waals surface area (Å²) in [7, 11) is 0. The summed E-state index contributed by atoms with van der Waals surface area (Å²) in [6.07, 6.45) is 10.4. The summed E-state index contributed by atoms with van der Waals surface area (Å²) >= 11 is 0. The molecule has 3 heteroatoms. The van der Waals surface area contributed by atoms with Crippen molar-refractivity contribution in [1.82, 2.24) is 0 Å². The Kier molecular flexibility index (Phi) is 5.26. The lowest BCUT2D eigenvalue weighted by Gasteiger charge is -2.21. The smallest absolute Gasteiger partial charge is 0.165 e. The predicted octanol–water partition coefficient (Wildman–Crippen LogP) is 3.27. The molecular formula is C14H26O3. The van der Waals surface area contributed by atoms with Gasteiger partial charge in [0.2, 0.25) is 0 Å². The summed E-state index contributed by atoms with van der Waals surface area (Å²) in [5, 5.41) is 0. The molecule has 1 saturated carbocycles. The van der Waals surface area contributed by atoms with Gasteiger partial charge in [-0.05, 0) is 32.6 Å². The van der Waals surface area contributed by atoms with E-state index in [1.807, 2.05) is 0 Å². The zero-order chi connectivity index (χ0) is 12.0. The van der Waals surface area contributed by atoms with Gasteiger partial charge in [0, 0.05) is 13.0 Å². The van der Waals surface area contributed by atoms with Crippen LogP contribution >= 0.6 is 0 Å². The Morgan fingerprint density at radius 3 is 2.47 bits per heavy atom. The van der Waals surface area contributed by atoms with Gasteiger partial charge in [-0.15, -0.1) is 0 Å². The Balaban J connectivity index is 1.43. The molecule has 0 radical (unpaired) electrons. The average molecular weight is 242 g/mol. The summed E-state index contributed by atoms with van der Waals surface area (Å²) < 4.78 is 17.0. The molecule has 0 N–H and O–H groups in total. The molecule has 1 aliphatic carbocycles. The quantitative estimate of drug-likeness (QED) is 0.641. The highest BCUT2D eigenvalue weighted by molar-refractivity contribution is 4.68. The van der Waals surface area contributed by atoms with Crippen LogP contribution < -0.4 is 0 Å². The number of hydrogen-bond donors (Lipinski definition) is 0. The van der Waals surface area contributed by atoms with E-state index in [2.05, 4.69) is 6.92 Å². The second-order valence-electron chi connectivity index (χ2n) is 5.42. The molecule has 2 aliphatic rings. The van der Waals surface area contributed by atoms with Crippen molar-refractivity contribution >= 4 is 0 Å². The van der Waals surface area contributed by atoms with Gasteiger partial charge in [-0.1, -0.05) is 19.3 Å². The third-order valence-corrected chi connectivity index (χ3v) is 3.83.